The number of carbonyl (C=O) groups is 1. The van der Waals surface area contributed by atoms with Crippen LogP contribution in [0.2, 0.25) is 0 Å². The number of carboxylic acid groups (broad SMARTS) is 1. The maximum absolute atomic E-state index is 14.0. The van der Waals surface area contributed by atoms with Gasteiger partial charge in [-0.05, 0) is 24.3 Å². The molecule has 4 rings (SSSR count). The van der Waals surface area contributed by atoms with Crippen LogP contribution in [0.15, 0.2) is 41.3 Å². The van der Waals surface area contributed by atoms with Gasteiger partial charge in [-0.15, -0.1) is 23.1 Å². The monoisotopic (exact) mass is 422 g/mol. The molecule has 1 aliphatic rings. The molecule has 0 bridgehead atoms. The molecule has 1 aliphatic heterocycles. The second-order valence-corrected chi connectivity index (χ2v) is 8.66. The average Bonchev–Trinajstić information content (AvgIpc) is 3.05. The van der Waals surface area contributed by atoms with Crippen LogP contribution in [0, 0.1) is 11.6 Å². The third kappa shape index (κ3) is 3.42. The quantitative estimate of drug-likeness (QED) is 0.606. The molecule has 1 N–H and O–H groups in total. The molecule has 0 amide bonds. The Bertz CT molecular complexity index is 1070. The summed E-state index contributed by atoms with van der Waals surface area (Å²) in [6.07, 6.45) is -0.0893. The lowest BCUT2D eigenvalue weighted by Crippen LogP contribution is -2.40. The van der Waals surface area contributed by atoms with E-state index in [4.69, 9.17) is 12.2 Å². The summed E-state index contributed by atoms with van der Waals surface area (Å²) in [4.78, 5) is 18.8. The molecule has 0 saturated carbocycles. The highest BCUT2D eigenvalue weighted by Gasteiger charge is 2.32. The van der Waals surface area contributed by atoms with Crippen LogP contribution in [0.3, 0.4) is 0 Å². The van der Waals surface area contributed by atoms with Crippen molar-refractivity contribution in [2.24, 2.45) is 0 Å². The lowest BCUT2D eigenvalue weighted by Gasteiger charge is -2.35. The molecule has 0 saturated heterocycles. The first-order chi connectivity index (χ1) is 12.9. The second kappa shape index (κ2) is 7.14. The highest BCUT2D eigenvalue weighted by Crippen LogP contribution is 2.42. The van der Waals surface area contributed by atoms with Gasteiger partial charge in [0.2, 0.25) is 0 Å². The Kier molecular flexibility index (Phi) is 4.83. The number of rotatable bonds is 4. The van der Waals surface area contributed by atoms with Crippen LogP contribution >= 0.6 is 35.3 Å². The Labute approximate surface area is 166 Å². The van der Waals surface area contributed by atoms with Gasteiger partial charge in [0.05, 0.1) is 39.1 Å². The molecule has 0 fully saturated rings. The summed E-state index contributed by atoms with van der Waals surface area (Å²) < 4.78 is 27.6. The van der Waals surface area contributed by atoms with Crippen molar-refractivity contribution < 1.29 is 18.7 Å². The zero-order valence-corrected chi connectivity index (χ0v) is 16.1. The molecule has 1 aromatic heterocycles. The molecule has 9 heteroatoms. The zero-order chi connectivity index (χ0) is 19.1. The molecule has 3 aromatic rings. The first-order valence-corrected chi connectivity index (χ1v) is 10.1. The highest BCUT2D eigenvalue weighted by molar-refractivity contribution is 8.02. The third-order valence-corrected chi connectivity index (χ3v) is 7.09. The molecule has 4 nitrogen and oxygen atoms in total. The SMILES string of the molecule is O=C(O)CC1Sc2ccccc2N(Cc2nc3ccc(F)c(F)c3s2)C1=S. The summed E-state index contributed by atoms with van der Waals surface area (Å²) in [6, 6.07) is 10.1. The number of fused-ring (bicyclic) bond motifs is 2. The molecule has 138 valence electrons. The molecular formula is C18H12F2N2O2S3. The molecule has 1 unspecified atom stereocenters. The van der Waals surface area contributed by atoms with E-state index < -0.39 is 17.6 Å². The van der Waals surface area contributed by atoms with Gasteiger partial charge in [-0.2, -0.15) is 0 Å². The van der Waals surface area contributed by atoms with Gasteiger partial charge in [0.25, 0.3) is 0 Å². The van der Waals surface area contributed by atoms with Crippen LogP contribution in [0.5, 0.6) is 0 Å². The van der Waals surface area contributed by atoms with E-state index in [0.29, 0.717) is 15.5 Å². The Morgan fingerprint density at radius 2 is 2.04 bits per heavy atom. The number of anilines is 1. The van der Waals surface area contributed by atoms with Crippen LogP contribution in [0.25, 0.3) is 10.2 Å². The number of nitrogens with zero attached hydrogens (tertiary/aromatic N) is 2. The lowest BCUT2D eigenvalue weighted by atomic mass is 10.2. The number of thioether (sulfide) groups is 1. The molecule has 0 radical (unpaired) electrons. The van der Waals surface area contributed by atoms with Crippen molar-refractivity contribution in [1.29, 1.82) is 0 Å². The summed E-state index contributed by atoms with van der Waals surface area (Å²) in [7, 11) is 0. The van der Waals surface area contributed by atoms with E-state index in [2.05, 4.69) is 4.98 Å². The zero-order valence-electron chi connectivity index (χ0n) is 13.7. The number of halogens is 2. The van der Waals surface area contributed by atoms with E-state index >= 15 is 0 Å². The van der Waals surface area contributed by atoms with Gasteiger partial charge in [0.15, 0.2) is 11.6 Å². The average molecular weight is 423 g/mol. The molecular weight excluding hydrogens is 410 g/mol. The standard InChI is InChI=1S/C18H12F2N2O2S3/c19-9-5-6-10-17(16(9)20)27-14(21-10)8-22-11-3-1-2-4-12(11)26-13(18(22)25)7-15(23)24/h1-6,13H,7-8H2,(H,23,24). The van der Waals surface area contributed by atoms with Crippen molar-refractivity contribution in [3.8, 4) is 0 Å². The van der Waals surface area contributed by atoms with Crippen molar-refractivity contribution in [3.63, 3.8) is 0 Å². The summed E-state index contributed by atoms with van der Waals surface area (Å²) in [5, 5.41) is 9.38. The van der Waals surface area contributed by atoms with Crippen molar-refractivity contribution >= 4 is 62.2 Å². The fourth-order valence-electron chi connectivity index (χ4n) is 2.91. The van der Waals surface area contributed by atoms with Crippen LogP contribution in [-0.4, -0.2) is 26.3 Å². The minimum atomic E-state index is -0.924. The lowest BCUT2D eigenvalue weighted by molar-refractivity contribution is -0.136. The van der Waals surface area contributed by atoms with Gasteiger partial charge in [0.1, 0.15) is 5.01 Å². The van der Waals surface area contributed by atoms with Crippen LogP contribution < -0.4 is 4.90 Å². The fourth-order valence-corrected chi connectivity index (χ4v) is 5.50. The molecule has 1 atom stereocenters. The van der Waals surface area contributed by atoms with Crippen LogP contribution in [0.1, 0.15) is 11.4 Å². The van der Waals surface area contributed by atoms with Crippen molar-refractivity contribution in [1.82, 2.24) is 4.98 Å². The first-order valence-electron chi connectivity index (χ1n) is 7.96. The topological polar surface area (TPSA) is 53.4 Å². The van der Waals surface area contributed by atoms with Crippen molar-refractivity contribution in [3.05, 3.63) is 53.0 Å². The number of carboxylic acids is 1. The summed E-state index contributed by atoms with van der Waals surface area (Å²) in [5.74, 6) is -2.74. The maximum atomic E-state index is 14.0. The molecule has 0 spiro atoms. The van der Waals surface area contributed by atoms with E-state index in [-0.39, 0.29) is 22.9 Å². The highest BCUT2D eigenvalue weighted by atomic mass is 32.2. The van der Waals surface area contributed by atoms with Gasteiger partial charge in [0, 0.05) is 4.90 Å². The van der Waals surface area contributed by atoms with Crippen molar-refractivity contribution in [2.75, 3.05) is 4.90 Å². The van der Waals surface area contributed by atoms with E-state index in [1.165, 1.54) is 17.8 Å². The second-order valence-electron chi connectivity index (χ2n) is 5.91. The first kappa shape index (κ1) is 18.3. The third-order valence-electron chi connectivity index (χ3n) is 4.11. The number of benzene rings is 2. The number of thiocarbonyl (C=S) groups is 1. The predicted octanol–water partition coefficient (Wildman–Crippen LogP) is 4.86. The number of aliphatic carboxylic acids is 1. The number of hydrogen-bond acceptors (Lipinski definition) is 5. The molecule has 2 aromatic carbocycles. The Morgan fingerprint density at radius 1 is 1.26 bits per heavy atom. The Hall–Kier alpha value is -2.10. The predicted molar refractivity (Wildman–Crippen MR) is 107 cm³/mol. The van der Waals surface area contributed by atoms with Gasteiger partial charge >= 0.3 is 5.97 Å². The molecule has 2 heterocycles. The van der Waals surface area contributed by atoms with Gasteiger partial charge in [-0.25, -0.2) is 13.8 Å². The van der Waals surface area contributed by atoms with E-state index in [1.807, 2.05) is 29.2 Å². The smallest absolute Gasteiger partial charge is 0.304 e. The number of para-hydroxylation sites is 1. The largest absolute Gasteiger partial charge is 0.481 e. The summed E-state index contributed by atoms with van der Waals surface area (Å²) in [6.45, 7) is 0.271. The maximum Gasteiger partial charge on any atom is 0.304 e. The number of hydrogen-bond donors (Lipinski definition) is 1. The van der Waals surface area contributed by atoms with Gasteiger partial charge in [-0.1, -0.05) is 24.4 Å². The van der Waals surface area contributed by atoms with Gasteiger partial charge < -0.3 is 10.0 Å². The van der Waals surface area contributed by atoms with E-state index in [0.717, 1.165) is 28.0 Å². The number of thiazole rings is 1. The molecule has 27 heavy (non-hydrogen) atoms. The van der Waals surface area contributed by atoms with E-state index in [9.17, 15) is 18.7 Å². The Balaban J connectivity index is 1.72. The number of aromatic nitrogens is 1. The minimum Gasteiger partial charge on any atom is -0.481 e. The molecule has 0 aliphatic carbocycles. The Morgan fingerprint density at radius 3 is 2.81 bits per heavy atom. The summed E-state index contributed by atoms with van der Waals surface area (Å²) in [5.41, 5.74) is 1.25. The van der Waals surface area contributed by atoms with Crippen LogP contribution in [-0.2, 0) is 11.3 Å². The summed E-state index contributed by atoms with van der Waals surface area (Å²) >= 11 is 8.05. The van der Waals surface area contributed by atoms with Crippen LogP contribution in [0.4, 0.5) is 14.5 Å². The minimum absolute atomic E-state index is 0.0893. The normalized spacial score (nSPS) is 16.6. The fraction of sp³-hybridized carbons (Fsp3) is 0.167. The van der Waals surface area contributed by atoms with Gasteiger partial charge in [-0.3, -0.25) is 4.79 Å². The van der Waals surface area contributed by atoms with E-state index in [1.54, 1.807) is 0 Å². The van der Waals surface area contributed by atoms with Crippen molar-refractivity contribution in [2.45, 2.75) is 23.1 Å².